The average Bonchev–Trinajstić information content (AvgIpc) is 3.32. The average molecular weight is 391 g/mol. The number of carbonyl (C=O) groups is 2. The normalized spacial score (nSPS) is 19.3. The van der Waals surface area contributed by atoms with Gasteiger partial charge in [0.2, 0.25) is 6.79 Å². The number of aliphatic imine (C=N–C) groups is 1. The molecule has 3 aliphatic rings. The predicted octanol–water partition coefficient (Wildman–Crippen LogP) is 2.28. The molecule has 2 amide bonds. The van der Waals surface area contributed by atoms with E-state index in [9.17, 15) is 9.59 Å². The van der Waals surface area contributed by atoms with Gasteiger partial charge in [0.1, 0.15) is 11.4 Å². The molecule has 0 atom stereocenters. The maximum Gasteiger partial charge on any atom is 0.272 e. The third kappa shape index (κ3) is 3.12. The Morgan fingerprint density at radius 3 is 2.69 bits per heavy atom. The van der Waals surface area contributed by atoms with Crippen LogP contribution in [0, 0.1) is 6.92 Å². The van der Waals surface area contributed by atoms with Gasteiger partial charge in [-0.25, -0.2) is 0 Å². The molecule has 1 N–H and O–H groups in total. The van der Waals surface area contributed by atoms with Gasteiger partial charge in [0, 0.05) is 37.1 Å². The van der Waals surface area contributed by atoms with E-state index in [-0.39, 0.29) is 18.6 Å². The van der Waals surface area contributed by atoms with Crippen LogP contribution >= 0.6 is 0 Å². The Morgan fingerprint density at radius 1 is 1.10 bits per heavy atom. The van der Waals surface area contributed by atoms with Crippen LogP contribution in [0.5, 0.6) is 11.5 Å². The number of ether oxygens (including phenoxy) is 2. The SMILES string of the molecule is Cc1cccc(C2=NC3(CCN(C(=O)c4ccc5c(c4)OCO5)CC3)NC2=O)c1. The second kappa shape index (κ2) is 6.62. The lowest BCUT2D eigenvalue weighted by molar-refractivity contribution is -0.115. The van der Waals surface area contributed by atoms with Gasteiger partial charge >= 0.3 is 0 Å². The van der Waals surface area contributed by atoms with Crippen LogP contribution in [0.2, 0.25) is 0 Å². The largest absolute Gasteiger partial charge is 0.454 e. The van der Waals surface area contributed by atoms with Crippen LogP contribution in [0.15, 0.2) is 47.5 Å². The summed E-state index contributed by atoms with van der Waals surface area (Å²) in [6, 6.07) is 13.0. The number of nitrogens with zero attached hydrogens (tertiary/aromatic N) is 2. The molecule has 2 aromatic carbocycles. The summed E-state index contributed by atoms with van der Waals surface area (Å²) in [5.41, 5.74) is 2.34. The first kappa shape index (κ1) is 17.7. The Kier molecular flexibility index (Phi) is 4.04. The molecule has 0 bridgehead atoms. The van der Waals surface area contributed by atoms with Crippen LogP contribution in [0.25, 0.3) is 0 Å². The number of hydrogen-bond donors (Lipinski definition) is 1. The van der Waals surface area contributed by atoms with Crippen molar-refractivity contribution >= 4 is 17.5 Å². The zero-order valence-corrected chi connectivity index (χ0v) is 16.1. The van der Waals surface area contributed by atoms with Crippen LogP contribution in [0.3, 0.4) is 0 Å². The fourth-order valence-corrected chi connectivity index (χ4v) is 4.08. The van der Waals surface area contributed by atoms with Crippen molar-refractivity contribution in [1.82, 2.24) is 10.2 Å². The Balaban J connectivity index is 1.31. The molecule has 0 unspecified atom stereocenters. The number of nitrogens with one attached hydrogen (secondary N) is 1. The molecular formula is C22H21N3O4. The quantitative estimate of drug-likeness (QED) is 0.852. The van der Waals surface area contributed by atoms with Crippen LogP contribution in [-0.4, -0.2) is 48.0 Å². The second-order valence-electron chi connectivity index (χ2n) is 7.68. The third-order valence-electron chi connectivity index (χ3n) is 5.68. The van der Waals surface area contributed by atoms with E-state index in [1.54, 1.807) is 23.1 Å². The number of carbonyl (C=O) groups excluding carboxylic acids is 2. The van der Waals surface area contributed by atoms with Gasteiger partial charge in [0.15, 0.2) is 11.5 Å². The highest BCUT2D eigenvalue weighted by atomic mass is 16.7. The van der Waals surface area contributed by atoms with Gasteiger partial charge in [0.05, 0.1) is 0 Å². The number of aryl methyl sites for hydroxylation is 1. The van der Waals surface area contributed by atoms with Gasteiger partial charge in [-0.2, -0.15) is 0 Å². The van der Waals surface area contributed by atoms with Crippen molar-refractivity contribution < 1.29 is 19.1 Å². The molecule has 7 nitrogen and oxygen atoms in total. The first-order valence-electron chi connectivity index (χ1n) is 9.71. The van der Waals surface area contributed by atoms with E-state index < -0.39 is 5.66 Å². The van der Waals surface area contributed by atoms with Gasteiger partial charge in [-0.1, -0.05) is 23.8 Å². The van der Waals surface area contributed by atoms with Crippen molar-refractivity contribution in [3.05, 3.63) is 59.2 Å². The standard InChI is InChI=1S/C22H21N3O4/c1-14-3-2-4-15(11-14)19-20(26)24-22(23-19)7-9-25(10-8-22)21(27)16-5-6-17-18(12-16)29-13-28-17/h2-6,11-12H,7-10,13H2,1H3,(H,24,26). The number of hydrogen-bond acceptors (Lipinski definition) is 5. The number of fused-ring (bicyclic) bond motifs is 1. The Labute approximate surface area is 168 Å². The molecule has 5 rings (SSSR count). The van der Waals surface area contributed by atoms with E-state index >= 15 is 0 Å². The molecule has 0 aliphatic carbocycles. The topological polar surface area (TPSA) is 80.2 Å². The molecule has 1 fully saturated rings. The molecule has 2 aromatic rings. The summed E-state index contributed by atoms with van der Waals surface area (Å²) in [7, 11) is 0. The molecule has 3 aliphatic heterocycles. The van der Waals surface area contributed by atoms with Crippen molar-refractivity contribution in [3.63, 3.8) is 0 Å². The van der Waals surface area contributed by atoms with Crippen molar-refractivity contribution in [3.8, 4) is 11.5 Å². The summed E-state index contributed by atoms with van der Waals surface area (Å²) in [5.74, 6) is 1.06. The minimum atomic E-state index is -0.623. The van der Waals surface area contributed by atoms with Gasteiger partial charge in [-0.15, -0.1) is 0 Å². The van der Waals surface area contributed by atoms with E-state index in [1.807, 2.05) is 31.2 Å². The molecule has 1 saturated heterocycles. The summed E-state index contributed by atoms with van der Waals surface area (Å²) >= 11 is 0. The fraction of sp³-hybridized carbons (Fsp3) is 0.318. The molecule has 148 valence electrons. The molecule has 0 aromatic heterocycles. The maximum atomic E-state index is 12.9. The lowest BCUT2D eigenvalue weighted by Gasteiger charge is -2.37. The number of benzene rings is 2. The summed E-state index contributed by atoms with van der Waals surface area (Å²) < 4.78 is 10.7. The maximum absolute atomic E-state index is 12.9. The minimum Gasteiger partial charge on any atom is -0.454 e. The van der Waals surface area contributed by atoms with E-state index in [0.717, 1.165) is 11.1 Å². The minimum absolute atomic E-state index is 0.0506. The summed E-state index contributed by atoms with van der Waals surface area (Å²) in [6.45, 7) is 3.23. The van der Waals surface area contributed by atoms with Crippen molar-refractivity contribution in [2.24, 2.45) is 4.99 Å². The summed E-state index contributed by atoms with van der Waals surface area (Å²) in [6.07, 6.45) is 1.18. The van der Waals surface area contributed by atoms with E-state index in [4.69, 9.17) is 14.5 Å². The van der Waals surface area contributed by atoms with E-state index in [1.165, 1.54) is 0 Å². The third-order valence-corrected chi connectivity index (χ3v) is 5.68. The van der Waals surface area contributed by atoms with Crippen LogP contribution in [0.4, 0.5) is 0 Å². The lowest BCUT2D eigenvalue weighted by atomic mass is 9.97. The number of piperidine rings is 1. The monoisotopic (exact) mass is 391 g/mol. The molecule has 0 radical (unpaired) electrons. The zero-order valence-electron chi connectivity index (χ0n) is 16.1. The first-order chi connectivity index (χ1) is 14.0. The van der Waals surface area contributed by atoms with Crippen molar-refractivity contribution in [2.75, 3.05) is 19.9 Å². The van der Waals surface area contributed by atoms with E-state index in [2.05, 4.69) is 5.32 Å². The van der Waals surface area contributed by atoms with Crippen LogP contribution in [-0.2, 0) is 4.79 Å². The van der Waals surface area contributed by atoms with Crippen molar-refractivity contribution in [1.29, 1.82) is 0 Å². The second-order valence-corrected chi connectivity index (χ2v) is 7.68. The summed E-state index contributed by atoms with van der Waals surface area (Å²) in [5, 5.41) is 3.05. The number of rotatable bonds is 2. The number of amides is 2. The lowest BCUT2D eigenvalue weighted by Crippen LogP contribution is -2.52. The van der Waals surface area contributed by atoms with Crippen LogP contribution in [0.1, 0.15) is 34.3 Å². The van der Waals surface area contributed by atoms with Gasteiger partial charge in [-0.05, 0) is 31.2 Å². The summed E-state index contributed by atoms with van der Waals surface area (Å²) in [4.78, 5) is 32.0. The highest BCUT2D eigenvalue weighted by Crippen LogP contribution is 2.34. The predicted molar refractivity (Wildman–Crippen MR) is 106 cm³/mol. The van der Waals surface area contributed by atoms with Gasteiger partial charge in [-0.3, -0.25) is 14.6 Å². The zero-order chi connectivity index (χ0) is 20.0. The van der Waals surface area contributed by atoms with E-state index in [0.29, 0.717) is 48.7 Å². The van der Waals surface area contributed by atoms with Gasteiger partial charge in [0.25, 0.3) is 11.8 Å². The molecule has 1 spiro atoms. The van der Waals surface area contributed by atoms with Crippen LogP contribution < -0.4 is 14.8 Å². The highest BCUT2D eigenvalue weighted by Gasteiger charge is 2.43. The van der Waals surface area contributed by atoms with Gasteiger partial charge < -0.3 is 19.7 Å². The first-order valence-corrected chi connectivity index (χ1v) is 9.71. The number of likely N-dealkylation sites (tertiary alicyclic amines) is 1. The molecule has 7 heteroatoms. The Morgan fingerprint density at radius 2 is 1.90 bits per heavy atom. The molecule has 0 saturated carbocycles. The smallest absolute Gasteiger partial charge is 0.272 e. The molecule has 29 heavy (non-hydrogen) atoms. The molecular weight excluding hydrogens is 370 g/mol. The Bertz CT molecular complexity index is 1040. The highest BCUT2D eigenvalue weighted by molar-refractivity contribution is 6.46. The molecule has 3 heterocycles. The fourth-order valence-electron chi connectivity index (χ4n) is 4.08. The Hall–Kier alpha value is -3.35. The van der Waals surface area contributed by atoms with Crippen molar-refractivity contribution in [2.45, 2.75) is 25.4 Å².